The molecule has 5 heteroatoms. The summed E-state index contributed by atoms with van der Waals surface area (Å²) in [4.78, 5) is 2.02. The molecular weight excluding hydrogens is 358 g/mol. The van der Waals surface area contributed by atoms with E-state index in [0.29, 0.717) is 16.5 Å². The Balaban J connectivity index is 2.36. The number of halogens is 2. The number of anilines is 1. The molecule has 0 radical (unpaired) electrons. The van der Waals surface area contributed by atoms with Gasteiger partial charge in [-0.3, -0.25) is 0 Å². The van der Waals surface area contributed by atoms with Crippen LogP contribution in [0.2, 0.25) is 5.02 Å². The van der Waals surface area contributed by atoms with Gasteiger partial charge in [0.25, 0.3) is 0 Å². The van der Waals surface area contributed by atoms with Crippen molar-refractivity contribution in [2.24, 2.45) is 0 Å². The molecule has 20 heavy (non-hydrogen) atoms. The molecule has 0 spiro atoms. The van der Waals surface area contributed by atoms with Crippen LogP contribution in [0, 0.1) is 0 Å². The molecule has 106 valence electrons. The van der Waals surface area contributed by atoms with Crippen LogP contribution in [-0.2, 0) is 0 Å². The molecule has 0 unspecified atom stereocenters. The van der Waals surface area contributed by atoms with Crippen molar-refractivity contribution < 1.29 is 4.74 Å². The fourth-order valence-corrected chi connectivity index (χ4v) is 3.27. The Hall–Kier alpha value is -0.840. The van der Waals surface area contributed by atoms with E-state index < -0.39 is 0 Å². The van der Waals surface area contributed by atoms with Crippen LogP contribution in [0.4, 0.5) is 5.69 Å². The highest BCUT2D eigenvalue weighted by Gasteiger charge is 2.14. The first-order valence-electron chi connectivity index (χ1n) is 6.16. The van der Waals surface area contributed by atoms with Crippen LogP contribution in [-0.4, -0.2) is 6.10 Å². The largest absolute Gasteiger partial charge is 0.487 e. The van der Waals surface area contributed by atoms with Gasteiger partial charge < -0.3 is 10.5 Å². The number of rotatable bonds is 4. The molecule has 0 aliphatic rings. The zero-order chi connectivity index (χ0) is 14.7. The number of nitrogens with two attached hydrogens (primary N) is 1. The number of hydrogen-bond acceptors (Lipinski definition) is 3. The molecule has 0 saturated heterocycles. The van der Waals surface area contributed by atoms with E-state index in [9.17, 15) is 0 Å². The highest BCUT2D eigenvalue weighted by Crippen LogP contribution is 2.43. The van der Waals surface area contributed by atoms with Gasteiger partial charge in [-0.1, -0.05) is 35.5 Å². The summed E-state index contributed by atoms with van der Waals surface area (Å²) < 4.78 is 6.74. The Morgan fingerprint density at radius 1 is 1.15 bits per heavy atom. The molecular formula is C15H15BrClNOS. The first-order chi connectivity index (χ1) is 9.49. The molecule has 2 aromatic carbocycles. The Morgan fingerprint density at radius 3 is 2.50 bits per heavy atom. The third kappa shape index (κ3) is 3.62. The predicted molar refractivity (Wildman–Crippen MR) is 89.9 cm³/mol. The summed E-state index contributed by atoms with van der Waals surface area (Å²) in [6, 6.07) is 11.7. The third-order valence-corrected chi connectivity index (χ3v) is 4.92. The average molecular weight is 373 g/mol. The summed E-state index contributed by atoms with van der Waals surface area (Å²) in [7, 11) is 0. The second-order valence-electron chi connectivity index (χ2n) is 4.49. The molecule has 2 aromatic rings. The SMILES string of the molecule is CC(C)Oc1c(Cl)ccc(Sc2ccccc2Br)c1N. The van der Waals surface area contributed by atoms with Crippen LogP contribution in [0.15, 0.2) is 50.7 Å². The number of benzene rings is 2. The van der Waals surface area contributed by atoms with E-state index >= 15 is 0 Å². The molecule has 0 atom stereocenters. The first-order valence-corrected chi connectivity index (χ1v) is 8.14. The Bertz CT molecular complexity index is 619. The Morgan fingerprint density at radius 2 is 1.85 bits per heavy atom. The average Bonchev–Trinajstić information content (AvgIpc) is 2.40. The van der Waals surface area contributed by atoms with Crippen LogP contribution in [0.3, 0.4) is 0 Å². The van der Waals surface area contributed by atoms with E-state index in [1.165, 1.54) is 0 Å². The van der Waals surface area contributed by atoms with E-state index in [1.54, 1.807) is 11.8 Å². The van der Waals surface area contributed by atoms with Gasteiger partial charge in [-0.05, 0) is 54.0 Å². The topological polar surface area (TPSA) is 35.2 Å². The van der Waals surface area contributed by atoms with Crippen molar-refractivity contribution in [1.29, 1.82) is 0 Å². The maximum Gasteiger partial charge on any atom is 0.162 e. The van der Waals surface area contributed by atoms with Crippen LogP contribution >= 0.6 is 39.3 Å². The standard InChI is InChI=1S/C15H15BrClNOS/c1-9(2)19-15-11(17)7-8-13(14(15)18)20-12-6-4-3-5-10(12)16/h3-9H,18H2,1-2H3. The van der Waals surface area contributed by atoms with Crippen molar-refractivity contribution in [3.8, 4) is 5.75 Å². The van der Waals surface area contributed by atoms with E-state index in [0.717, 1.165) is 14.3 Å². The molecule has 2 rings (SSSR count). The highest BCUT2D eigenvalue weighted by atomic mass is 79.9. The summed E-state index contributed by atoms with van der Waals surface area (Å²) in [5.41, 5.74) is 6.76. The number of nitrogen functional groups attached to an aromatic ring is 1. The van der Waals surface area contributed by atoms with Crippen molar-refractivity contribution in [2.45, 2.75) is 29.7 Å². The molecule has 0 saturated carbocycles. The van der Waals surface area contributed by atoms with E-state index in [4.69, 9.17) is 22.1 Å². The molecule has 0 heterocycles. The van der Waals surface area contributed by atoms with Gasteiger partial charge in [0.1, 0.15) is 0 Å². The second-order valence-corrected chi connectivity index (χ2v) is 6.83. The fourth-order valence-electron chi connectivity index (χ4n) is 1.65. The molecule has 0 aliphatic carbocycles. The smallest absolute Gasteiger partial charge is 0.162 e. The normalized spacial score (nSPS) is 10.8. The molecule has 0 bridgehead atoms. The van der Waals surface area contributed by atoms with Crippen molar-refractivity contribution in [2.75, 3.05) is 5.73 Å². The van der Waals surface area contributed by atoms with Crippen molar-refractivity contribution in [1.82, 2.24) is 0 Å². The van der Waals surface area contributed by atoms with Gasteiger partial charge in [0.15, 0.2) is 5.75 Å². The predicted octanol–water partition coefficient (Wildman–Crippen LogP) is 5.62. The fraction of sp³-hybridized carbons (Fsp3) is 0.200. The zero-order valence-corrected chi connectivity index (χ0v) is 14.3. The second kappa shape index (κ2) is 6.74. The van der Waals surface area contributed by atoms with E-state index in [1.807, 2.05) is 50.2 Å². The summed E-state index contributed by atoms with van der Waals surface area (Å²) >= 11 is 11.3. The zero-order valence-electron chi connectivity index (χ0n) is 11.2. The minimum Gasteiger partial charge on any atom is -0.487 e. The van der Waals surface area contributed by atoms with E-state index in [-0.39, 0.29) is 6.10 Å². The van der Waals surface area contributed by atoms with Crippen molar-refractivity contribution in [3.05, 3.63) is 45.9 Å². The van der Waals surface area contributed by atoms with Gasteiger partial charge in [-0.15, -0.1) is 0 Å². The highest BCUT2D eigenvalue weighted by molar-refractivity contribution is 9.10. The minimum atomic E-state index is 0.0264. The summed E-state index contributed by atoms with van der Waals surface area (Å²) in [5.74, 6) is 0.554. The van der Waals surface area contributed by atoms with Crippen LogP contribution in [0.5, 0.6) is 5.75 Å². The molecule has 0 fully saturated rings. The lowest BCUT2D eigenvalue weighted by atomic mass is 10.3. The Labute approximate surface area is 136 Å². The van der Waals surface area contributed by atoms with Gasteiger partial charge in [0, 0.05) is 14.3 Å². The lowest BCUT2D eigenvalue weighted by Gasteiger charge is -2.16. The molecule has 2 N–H and O–H groups in total. The molecule has 0 aliphatic heterocycles. The molecule has 2 nitrogen and oxygen atoms in total. The van der Waals surface area contributed by atoms with Gasteiger partial charge in [0.2, 0.25) is 0 Å². The number of ether oxygens (including phenoxy) is 1. The van der Waals surface area contributed by atoms with Crippen molar-refractivity contribution in [3.63, 3.8) is 0 Å². The lowest BCUT2D eigenvalue weighted by Crippen LogP contribution is -2.08. The van der Waals surface area contributed by atoms with Crippen LogP contribution in [0.1, 0.15) is 13.8 Å². The van der Waals surface area contributed by atoms with E-state index in [2.05, 4.69) is 15.9 Å². The quantitative estimate of drug-likeness (QED) is 0.707. The van der Waals surface area contributed by atoms with Gasteiger partial charge in [-0.25, -0.2) is 0 Å². The Kier molecular flexibility index (Phi) is 5.24. The monoisotopic (exact) mass is 371 g/mol. The third-order valence-electron chi connectivity index (χ3n) is 2.52. The van der Waals surface area contributed by atoms with Crippen LogP contribution in [0.25, 0.3) is 0 Å². The van der Waals surface area contributed by atoms with Gasteiger partial charge in [0.05, 0.1) is 16.8 Å². The molecule has 0 aromatic heterocycles. The maximum absolute atomic E-state index is 6.18. The van der Waals surface area contributed by atoms with Gasteiger partial charge >= 0.3 is 0 Å². The summed E-state index contributed by atoms with van der Waals surface area (Å²) in [5, 5.41) is 0.535. The van der Waals surface area contributed by atoms with Gasteiger partial charge in [-0.2, -0.15) is 0 Å². The maximum atomic E-state index is 6.18. The minimum absolute atomic E-state index is 0.0264. The molecule has 0 amide bonds. The lowest BCUT2D eigenvalue weighted by molar-refractivity contribution is 0.243. The summed E-state index contributed by atoms with van der Waals surface area (Å²) in [6.45, 7) is 3.90. The van der Waals surface area contributed by atoms with Crippen molar-refractivity contribution >= 4 is 45.0 Å². The number of hydrogen-bond donors (Lipinski definition) is 1. The van der Waals surface area contributed by atoms with Crippen LogP contribution < -0.4 is 10.5 Å². The summed E-state index contributed by atoms with van der Waals surface area (Å²) in [6.07, 6.45) is 0.0264. The first kappa shape index (κ1) is 15.5.